The lowest BCUT2D eigenvalue weighted by Crippen LogP contribution is -2.40. The number of nitro benzene ring substituents is 1. The maximum atomic E-state index is 13.4. The largest absolute Gasteiger partial charge is 0.485 e. The van der Waals surface area contributed by atoms with Gasteiger partial charge >= 0.3 is 0 Å². The van der Waals surface area contributed by atoms with Crippen LogP contribution < -0.4 is 10.2 Å². The number of non-ortho nitro benzene ring substituents is 1. The fourth-order valence-corrected chi connectivity index (χ4v) is 5.80. The summed E-state index contributed by atoms with van der Waals surface area (Å²) in [5.74, 6) is 0.669. The van der Waals surface area contributed by atoms with Crippen LogP contribution in [0.15, 0.2) is 82.8 Å². The summed E-state index contributed by atoms with van der Waals surface area (Å²) in [4.78, 5) is 10.6. The number of nitro groups is 1. The number of rotatable bonds is 6. The minimum atomic E-state index is -4.02. The molecule has 5 rings (SSSR count). The summed E-state index contributed by atoms with van der Waals surface area (Å²) >= 11 is 0. The zero-order valence-electron chi connectivity index (χ0n) is 19.2. The third-order valence-electron chi connectivity index (χ3n) is 6.09. The molecule has 11 heteroatoms. The first-order valence-electron chi connectivity index (χ1n) is 11.4. The van der Waals surface area contributed by atoms with Gasteiger partial charge in [-0.1, -0.05) is 42.5 Å². The Balaban J connectivity index is 1.52. The van der Waals surface area contributed by atoms with E-state index in [0.717, 1.165) is 17.2 Å². The highest BCUT2D eigenvalue weighted by Crippen LogP contribution is 2.36. The topological polar surface area (TPSA) is 123 Å². The molecule has 0 aliphatic carbocycles. The number of hydrazone groups is 1. The molecule has 2 aliphatic heterocycles. The number of fused-ring (bicyclic) bond motifs is 1. The molecule has 0 saturated carbocycles. The van der Waals surface area contributed by atoms with Gasteiger partial charge in [0.05, 0.1) is 29.5 Å². The van der Waals surface area contributed by atoms with Gasteiger partial charge in [-0.15, -0.1) is 0 Å². The minimum Gasteiger partial charge on any atom is -0.485 e. The van der Waals surface area contributed by atoms with E-state index in [0.29, 0.717) is 17.9 Å². The molecule has 3 aromatic rings. The Morgan fingerprint density at radius 1 is 1.00 bits per heavy atom. The summed E-state index contributed by atoms with van der Waals surface area (Å²) in [6.07, 6.45) is 0.182. The molecule has 1 saturated heterocycles. The Kier molecular flexibility index (Phi) is 6.68. The second kappa shape index (κ2) is 10.1. The van der Waals surface area contributed by atoms with Crippen molar-refractivity contribution in [3.63, 3.8) is 0 Å². The van der Waals surface area contributed by atoms with Gasteiger partial charge in [0.2, 0.25) is 10.0 Å². The quantitative estimate of drug-likeness (QED) is 0.395. The molecule has 0 bridgehead atoms. The first kappa shape index (κ1) is 23.9. The van der Waals surface area contributed by atoms with Crippen molar-refractivity contribution in [1.82, 2.24) is 4.31 Å². The molecule has 2 aliphatic rings. The number of nitrogens with zero attached hydrogens (tertiary/aromatic N) is 3. The van der Waals surface area contributed by atoms with Crippen LogP contribution in [0.1, 0.15) is 23.7 Å². The zero-order chi connectivity index (χ0) is 25.1. The predicted octanol–water partition coefficient (Wildman–Crippen LogP) is 3.96. The standard InChI is InChI=1S/C25H24N4O6S/c30-29(31)19-10-11-21(25(16-19)36(32,33)28-12-14-34-15-13-28)26-27-22-17-24(18-6-2-1-3-7-18)35-23-9-5-4-8-20(22)23/h1-11,16,24,26H,12-15,17H2/b27-22+. The van der Waals surface area contributed by atoms with Gasteiger partial charge in [0.15, 0.2) is 0 Å². The number of anilines is 1. The van der Waals surface area contributed by atoms with Crippen molar-refractivity contribution in [2.45, 2.75) is 17.4 Å². The van der Waals surface area contributed by atoms with Gasteiger partial charge in [0.25, 0.3) is 5.69 Å². The van der Waals surface area contributed by atoms with Crippen LogP contribution in [0.5, 0.6) is 5.75 Å². The van der Waals surface area contributed by atoms with Crippen LogP contribution in [0, 0.1) is 10.1 Å². The molecular weight excluding hydrogens is 484 g/mol. The van der Waals surface area contributed by atoms with Crippen molar-refractivity contribution >= 4 is 27.1 Å². The molecule has 10 nitrogen and oxygen atoms in total. The summed E-state index contributed by atoms with van der Waals surface area (Å²) in [5, 5.41) is 16.0. The molecular formula is C25H24N4O6S. The zero-order valence-corrected chi connectivity index (χ0v) is 20.1. The average molecular weight is 509 g/mol. The molecule has 0 aromatic heterocycles. The van der Waals surface area contributed by atoms with Crippen LogP contribution in [0.3, 0.4) is 0 Å². The van der Waals surface area contributed by atoms with Crippen molar-refractivity contribution in [1.29, 1.82) is 0 Å². The smallest absolute Gasteiger partial charge is 0.270 e. The van der Waals surface area contributed by atoms with Crippen molar-refractivity contribution in [3.8, 4) is 5.75 Å². The van der Waals surface area contributed by atoms with Crippen LogP contribution in [0.25, 0.3) is 0 Å². The van der Waals surface area contributed by atoms with E-state index in [-0.39, 0.29) is 48.7 Å². The molecule has 1 N–H and O–H groups in total. The van der Waals surface area contributed by atoms with E-state index in [2.05, 4.69) is 10.5 Å². The summed E-state index contributed by atoms with van der Waals surface area (Å²) in [6, 6.07) is 21.0. The van der Waals surface area contributed by atoms with Crippen molar-refractivity contribution in [3.05, 3.63) is 94.0 Å². The molecule has 1 unspecified atom stereocenters. The van der Waals surface area contributed by atoms with Crippen LogP contribution >= 0.6 is 0 Å². The van der Waals surface area contributed by atoms with E-state index in [1.807, 2.05) is 54.6 Å². The number of hydrogen-bond donors (Lipinski definition) is 1. The van der Waals surface area contributed by atoms with Crippen LogP contribution in [0.2, 0.25) is 0 Å². The van der Waals surface area contributed by atoms with Gasteiger partial charge in [-0.05, 0) is 23.8 Å². The van der Waals surface area contributed by atoms with Crippen LogP contribution in [-0.4, -0.2) is 49.7 Å². The first-order valence-corrected chi connectivity index (χ1v) is 12.9. The van der Waals surface area contributed by atoms with Gasteiger partial charge < -0.3 is 9.47 Å². The lowest BCUT2D eigenvalue weighted by molar-refractivity contribution is -0.385. The average Bonchev–Trinajstić information content (AvgIpc) is 2.92. The highest BCUT2D eigenvalue weighted by Gasteiger charge is 2.31. The van der Waals surface area contributed by atoms with Crippen molar-refractivity contribution in [2.75, 3.05) is 31.7 Å². The van der Waals surface area contributed by atoms with E-state index < -0.39 is 14.9 Å². The molecule has 1 atom stereocenters. The third-order valence-corrected chi connectivity index (χ3v) is 8.03. The van der Waals surface area contributed by atoms with E-state index in [4.69, 9.17) is 9.47 Å². The molecule has 186 valence electrons. The lowest BCUT2D eigenvalue weighted by Gasteiger charge is -2.28. The molecule has 1 fully saturated rings. The van der Waals surface area contributed by atoms with Crippen molar-refractivity contribution < 1.29 is 22.8 Å². The van der Waals surface area contributed by atoms with E-state index in [1.165, 1.54) is 16.4 Å². The second-order valence-electron chi connectivity index (χ2n) is 8.34. The van der Waals surface area contributed by atoms with Crippen LogP contribution in [0.4, 0.5) is 11.4 Å². The molecule has 0 spiro atoms. The fourth-order valence-electron chi connectivity index (χ4n) is 4.23. The van der Waals surface area contributed by atoms with Gasteiger partial charge in [-0.25, -0.2) is 8.42 Å². The summed E-state index contributed by atoms with van der Waals surface area (Å²) in [6.45, 7) is 0.860. The van der Waals surface area contributed by atoms with Gasteiger partial charge in [-0.2, -0.15) is 9.41 Å². The summed E-state index contributed by atoms with van der Waals surface area (Å²) in [7, 11) is -4.02. The molecule has 0 radical (unpaired) electrons. The number of para-hydroxylation sites is 1. The fraction of sp³-hybridized carbons (Fsp3) is 0.240. The summed E-state index contributed by atoms with van der Waals surface area (Å²) < 4.78 is 39.6. The Bertz CT molecular complexity index is 1410. The van der Waals surface area contributed by atoms with Crippen LogP contribution in [-0.2, 0) is 14.8 Å². The van der Waals surface area contributed by atoms with E-state index in [1.54, 1.807) is 0 Å². The lowest BCUT2D eigenvalue weighted by atomic mass is 9.96. The highest BCUT2D eigenvalue weighted by molar-refractivity contribution is 7.89. The predicted molar refractivity (Wildman–Crippen MR) is 134 cm³/mol. The van der Waals surface area contributed by atoms with Crippen molar-refractivity contribution in [2.24, 2.45) is 5.10 Å². The highest BCUT2D eigenvalue weighted by atomic mass is 32.2. The first-order chi connectivity index (χ1) is 17.4. The maximum Gasteiger partial charge on any atom is 0.270 e. The summed E-state index contributed by atoms with van der Waals surface area (Å²) in [5.41, 5.74) is 5.17. The van der Waals surface area contributed by atoms with E-state index >= 15 is 0 Å². The minimum absolute atomic E-state index is 0.153. The van der Waals surface area contributed by atoms with E-state index in [9.17, 15) is 18.5 Å². The number of nitrogens with one attached hydrogen (secondary N) is 1. The molecule has 3 aromatic carbocycles. The van der Waals surface area contributed by atoms with Gasteiger partial charge in [0, 0.05) is 37.2 Å². The third kappa shape index (κ3) is 4.81. The number of morpholine rings is 1. The Labute approximate surface area is 208 Å². The number of sulfonamides is 1. The Hall–Kier alpha value is -3.80. The van der Waals surface area contributed by atoms with Gasteiger partial charge in [-0.3, -0.25) is 15.5 Å². The normalized spacial score (nSPS) is 19.3. The molecule has 2 heterocycles. The number of hydrogen-bond acceptors (Lipinski definition) is 8. The number of benzene rings is 3. The SMILES string of the molecule is O=[N+]([O-])c1ccc(N/N=C2\CC(c3ccccc3)Oc3ccccc32)c(S(=O)(=O)N2CCOCC2)c1. The molecule has 36 heavy (non-hydrogen) atoms. The van der Waals surface area contributed by atoms with Gasteiger partial charge in [0.1, 0.15) is 16.7 Å². The Morgan fingerprint density at radius 2 is 1.72 bits per heavy atom. The monoisotopic (exact) mass is 508 g/mol. The Morgan fingerprint density at radius 3 is 2.47 bits per heavy atom. The second-order valence-corrected chi connectivity index (χ2v) is 10.2. The number of ether oxygens (including phenoxy) is 2. The maximum absolute atomic E-state index is 13.4. The molecule has 0 amide bonds.